The number of nitrogens with zero attached hydrogens (tertiary/aromatic N) is 7. The lowest BCUT2D eigenvalue weighted by Gasteiger charge is -2.56. The second-order valence-electron chi connectivity index (χ2n) is 8.12. The van der Waals surface area contributed by atoms with Crippen LogP contribution in [0, 0.1) is 6.92 Å². The molecule has 2 atom stereocenters. The highest BCUT2D eigenvalue weighted by Gasteiger charge is 2.44. The summed E-state index contributed by atoms with van der Waals surface area (Å²) in [4.78, 5) is 17.0. The number of likely N-dealkylation sites (N-methyl/N-ethyl adjacent to an activating group) is 1. The normalized spacial score (nSPS) is 21.9. The van der Waals surface area contributed by atoms with Gasteiger partial charge in [0.15, 0.2) is 11.6 Å². The molecule has 3 aromatic heterocycles. The van der Waals surface area contributed by atoms with Crippen LogP contribution in [0.5, 0.6) is 0 Å². The van der Waals surface area contributed by atoms with E-state index >= 15 is 0 Å². The Morgan fingerprint density at radius 3 is 2.60 bits per heavy atom. The molecule has 3 aliphatic heterocycles. The molecule has 0 saturated carbocycles. The van der Waals surface area contributed by atoms with Gasteiger partial charge in [-0.05, 0) is 19.9 Å². The number of hydrogen-bond donors (Lipinski definition) is 0. The molecule has 2 bridgehead atoms. The predicted molar refractivity (Wildman–Crippen MR) is 111 cm³/mol. The van der Waals surface area contributed by atoms with Crippen LogP contribution in [0.4, 0.5) is 14.6 Å². The van der Waals surface area contributed by atoms with E-state index in [0.717, 1.165) is 37.8 Å². The summed E-state index contributed by atoms with van der Waals surface area (Å²) in [6, 6.07) is 4.37. The number of pyridine rings is 1. The Labute approximate surface area is 177 Å². The zero-order valence-corrected chi connectivity index (χ0v) is 17.7. The van der Waals surface area contributed by atoms with Crippen LogP contribution in [0.2, 0.25) is 5.15 Å². The maximum atomic E-state index is 13.9. The molecule has 10 heteroatoms. The summed E-state index contributed by atoms with van der Waals surface area (Å²) < 4.78 is 29.4. The molecule has 0 spiro atoms. The van der Waals surface area contributed by atoms with Crippen LogP contribution in [0.3, 0.4) is 0 Å². The third-order valence-electron chi connectivity index (χ3n) is 5.97. The number of hydrogen-bond acceptors (Lipinski definition) is 6. The van der Waals surface area contributed by atoms with Crippen LogP contribution in [-0.2, 0) is 5.92 Å². The third-order valence-corrected chi connectivity index (χ3v) is 6.18. The van der Waals surface area contributed by atoms with Crippen molar-refractivity contribution >= 4 is 28.3 Å². The van der Waals surface area contributed by atoms with Crippen LogP contribution in [-0.4, -0.2) is 61.4 Å². The first-order valence-electron chi connectivity index (χ1n) is 10.0. The minimum atomic E-state index is -3.15. The van der Waals surface area contributed by atoms with Crippen molar-refractivity contribution in [3.63, 3.8) is 0 Å². The molecule has 3 aliphatic rings. The average molecular weight is 434 g/mol. The van der Waals surface area contributed by atoms with Gasteiger partial charge in [-0.15, -0.1) is 5.10 Å². The van der Waals surface area contributed by atoms with Gasteiger partial charge in [0.1, 0.15) is 5.15 Å². The summed E-state index contributed by atoms with van der Waals surface area (Å²) in [7, 11) is 0. The van der Waals surface area contributed by atoms with Gasteiger partial charge in [0.05, 0.1) is 10.9 Å². The summed E-state index contributed by atoms with van der Waals surface area (Å²) >= 11 is 6.15. The van der Waals surface area contributed by atoms with Gasteiger partial charge in [-0.25, -0.2) is 19.6 Å². The van der Waals surface area contributed by atoms with Gasteiger partial charge in [-0.2, -0.15) is 8.78 Å². The molecular weight excluding hydrogens is 412 g/mol. The van der Waals surface area contributed by atoms with E-state index in [1.54, 1.807) is 29.9 Å². The second-order valence-corrected chi connectivity index (χ2v) is 8.51. The second kappa shape index (κ2) is 6.81. The highest BCUT2D eigenvalue weighted by atomic mass is 35.5. The maximum Gasteiger partial charge on any atom is 0.303 e. The molecule has 2 unspecified atom stereocenters. The molecule has 6 rings (SSSR count). The van der Waals surface area contributed by atoms with Gasteiger partial charge < -0.3 is 4.90 Å². The summed E-state index contributed by atoms with van der Waals surface area (Å²) in [5, 5.41) is 5.91. The fourth-order valence-corrected chi connectivity index (χ4v) is 4.76. The molecule has 0 amide bonds. The van der Waals surface area contributed by atoms with Gasteiger partial charge in [0, 0.05) is 56.1 Å². The number of fused-ring (bicyclic) bond motifs is 3. The van der Waals surface area contributed by atoms with Crippen molar-refractivity contribution in [2.45, 2.75) is 45.2 Å². The van der Waals surface area contributed by atoms with Gasteiger partial charge in [0.2, 0.25) is 5.82 Å². The predicted octanol–water partition coefficient (Wildman–Crippen LogP) is 3.57. The summed E-state index contributed by atoms with van der Waals surface area (Å²) in [6.45, 7) is 7.44. The van der Waals surface area contributed by atoms with Crippen LogP contribution in [0.15, 0.2) is 18.3 Å². The quantitative estimate of drug-likeness (QED) is 0.586. The molecule has 3 aromatic rings. The van der Waals surface area contributed by atoms with Crippen molar-refractivity contribution in [2.24, 2.45) is 0 Å². The van der Waals surface area contributed by atoms with Crippen LogP contribution >= 0.6 is 11.6 Å². The van der Waals surface area contributed by atoms with Crippen molar-refractivity contribution in [3.05, 3.63) is 35.0 Å². The molecule has 0 aromatic carbocycles. The smallest absolute Gasteiger partial charge is 0.303 e. The van der Waals surface area contributed by atoms with E-state index in [0.29, 0.717) is 28.4 Å². The lowest BCUT2D eigenvalue weighted by molar-refractivity contribution is 0.00441. The van der Waals surface area contributed by atoms with Crippen molar-refractivity contribution in [1.29, 1.82) is 0 Å². The monoisotopic (exact) mass is 433 g/mol. The molecule has 6 heterocycles. The van der Waals surface area contributed by atoms with E-state index in [2.05, 4.69) is 31.7 Å². The first-order chi connectivity index (χ1) is 14.2. The van der Waals surface area contributed by atoms with E-state index in [-0.39, 0.29) is 5.82 Å². The van der Waals surface area contributed by atoms with E-state index in [9.17, 15) is 8.78 Å². The van der Waals surface area contributed by atoms with Crippen molar-refractivity contribution < 1.29 is 8.78 Å². The standard InChI is InChI=1S/C20H22ClF2N7/c1-4-29-12-6-13(29)10-28(9-12)18-14-8-24-16(21)7-15(14)30(27-18)17-5-11(2)25-19(26-17)20(3,22)23/h5,7-8,12-13H,4,6,9-10H2,1-3H3. The lowest BCUT2D eigenvalue weighted by atomic mass is 9.87. The Balaban J connectivity index is 1.62. The van der Waals surface area contributed by atoms with Crippen molar-refractivity contribution in [2.75, 3.05) is 24.5 Å². The molecular formula is C20H22ClF2N7. The number of anilines is 1. The van der Waals surface area contributed by atoms with E-state index in [1.807, 2.05) is 0 Å². The van der Waals surface area contributed by atoms with Crippen molar-refractivity contribution in [1.82, 2.24) is 29.6 Å². The summed E-state index contributed by atoms with van der Waals surface area (Å²) in [6.07, 6.45) is 2.89. The van der Waals surface area contributed by atoms with Crippen LogP contribution < -0.4 is 4.90 Å². The molecule has 0 N–H and O–H groups in total. The number of aromatic nitrogens is 5. The minimum Gasteiger partial charge on any atom is -0.351 e. The van der Waals surface area contributed by atoms with Gasteiger partial charge in [-0.3, -0.25) is 4.90 Å². The van der Waals surface area contributed by atoms with E-state index < -0.39 is 11.7 Å². The summed E-state index contributed by atoms with van der Waals surface area (Å²) in [5.41, 5.74) is 1.12. The van der Waals surface area contributed by atoms with Crippen LogP contribution in [0.25, 0.3) is 16.7 Å². The fourth-order valence-electron chi connectivity index (χ4n) is 4.61. The first-order valence-corrected chi connectivity index (χ1v) is 10.4. The fraction of sp³-hybridized carbons (Fsp3) is 0.500. The third kappa shape index (κ3) is 3.11. The van der Waals surface area contributed by atoms with Gasteiger partial charge in [0.25, 0.3) is 0 Å². The summed E-state index contributed by atoms with van der Waals surface area (Å²) in [5.74, 6) is -2.61. The number of halogens is 3. The topological polar surface area (TPSA) is 63.0 Å². The largest absolute Gasteiger partial charge is 0.351 e. The molecule has 158 valence electrons. The molecule has 3 saturated heterocycles. The first kappa shape index (κ1) is 19.6. The lowest BCUT2D eigenvalue weighted by Crippen LogP contribution is -2.68. The number of alkyl halides is 2. The van der Waals surface area contributed by atoms with Crippen molar-refractivity contribution in [3.8, 4) is 5.82 Å². The Bertz CT molecular complexity index is 1110. The van der Waals surface area contributed by atoms with Crippen LogP contribution in [0.1, 0.15) is 31.8 Å². The molecule has 0 radical (unpaired) electrons. The average Bonchev–Trinajstić information content (AvgIpc) is 3.06. The Morgan fingerprint density at radius 1 is 1.20 bits per heavy atom. The SMILES string of the molecule is CCN1C2CC1CN(c1nn(-c3cc(C)nc(C(C)(F)F)n3)c3cc(Cl)ncc13)C2. The zero-order valence-electron chi connectivity index (χ0n) is 17.0. The van der Waals surface area contributed by atoms with Gasteiger partial charge >= 0.3 is 5.92 Å². The Hall–Kier alpha value is -2.39. The zero-order chi connectivity index (χ0) is 21.2. The number of piperidine rings is 1. The Morgan fingerprint density at radius 2 is 1.93 bits per heavy atom. The number of piperazine rings is 1. The number of aryl methyl sites for hydroxylation is 1. The maximum absolute atomic E-state index is 13.9. The molecule has 30 heavy (non-hydrogen) atoms. The number of rotatable bonds is 4. The van der Waals surface area contributed by atoms with Gasteiger partial charge in [-0.1, -0.05) is 18.5 Å². The molecule has 7 nitrogen and oxygen atoms in total. The van der Waals surface area contributed by atoms with E-state index in [1.165, 1.54) is 6.42 Å². The Kier molecular flexibility index (Phi) is 4.44. The van der Waals surface area contributed by atoms with E-state index in [4.69, 9.17) is 16.7 Å². The minimum absolute atomic E-state index is 0.287. The highest BCUT2D eigenvalue weighted by molar-refractivity contribution is 6.30. The molecule has 0 aliphatic carbocycles. The highest BCUT2D eigenvalue weighted by Crippen LogP contribution is 2.37. The molecule has 3 fully saturated rings.